The normalized spacial score (nSPS) is 10.6. The van der Waals surface area contributed by atoms with Crippen molar-refractivity contribution in [3.63, 3.8) is 0 Å². The van der Waals surface area contributed by atoms with Gasteiger partial charge >= 0.3 is 0 Å². The van der Waals surface area contributed by atoms with E-state index in [0.717, 1.165) is 22.3 Å². The second kappa shape index (κ2) is 4.68. The molecule has 0 atom stereocenters. The van der Waals surface area contributed by atoms with Gasteiger partial charge in [-0.2, -0.15) is 0 Å². The fourth-order valence-electron chi connectivity index (χ4n) is 2.00. The molecule has 0 aliphatic rings. The van der Waals surface area contributed by atoms with Crippen molar-refractivity contribution >= 4 is 0 Å². The quantitative estimate of drug-likeness (QED) is 0.837. The maximum absolute atomic E-state index is 13.8. The Labute approximate surface area is 101 Å². The summed E-state index contributed by atoms with van der Waals surface area (Å²) in [6.45, 7) is 4.46. The highest BCUT2D eigenvalue weighted by Gasteiger charge is 2.08. The second-order valence-corrected chi connectivity index (χ2v) is 4.34. The summed E-state index contributed by atoms with van der Waals surface area (Å²) >= 11 is 0. The molecule has 0 aliphatic carbocycles. The summed E-state index contributed by atoms with van der Waals surface area (Å²) in [5, 5.41) is 0. The van der Waals surface area contributed by atoms with E-state index in [1.165, 1.54) is 6.07 Å². The van der Waals surface area contributed by atoms with Gasteiger partial charge in [-0.3, -0.25) is 0 Å². The molecular weight excluding hydrogens is 213 g/mol. The fraction of sp³-hybridized carbons (Fsp3) is 0.200. The van der Waals surface area contributed by atoms with Gasteiger partial charge in [0, 0.05) is 12.1 Å². The molecule has 0 saturated heterocycles. The first-order chi connectivity index (χ1) is 8.11. The number of hydrogen-bond donors (Lipinski definition) is 1. The van der Waals surface area contributed by atoms with Crippen LogP contribution >= 0.6 is 0 Å². The van der Waals surface area contributed by atoms with Crippen molar-refractivity contribution in [1.82, 2.24) is 0 Å². The molecule has 1 nitrogen and oxygen atoms in total. The number of benzene rings is 2. The van der Waals surface area contributed by atoms with Gasteiger partial charge < -0.3 is 5.73 Å². The van der Waals surface area contributed by atoms with E-state index in [1.54, 1.807) is 6.07 Å². The van der Waals surface area contributed by atoms with Gasteiger partial charge in [-0.05, 0) is 42.7 Å². The Bertz CT molecular complexity index is 547. The molecule has 0 heterocycles. The largest absolute Gasteiger partial charge is 0.326 e. The Hall–Kier alpha value is -1.67. The van der Waals surface area contributed by atoms with Gasteiger partial charge in [-0.25, -0.2) is 4.39 Å². The van der Waals surface area contributed by atoms with Gasteiger partial charge in [0.25, 0.3) is 0 Å². The molecule has 0 fully saturated rings. The van der Waals surface area contributed by atoms with Crippen LogP contribution in [0.1, 0.15) is 16.7 Å². The molecule has 2 rings (SSSR count). The van der Waals surface area contributed by atoms with Crippen molar-refractivity contribution in [3.05, 3.63) is 58.9 Å². The van der Waals surface area contributed by atoms with Crippen LogP contribution in [0.2, 0.25) is 0 Å². The molecule has 0 aliphatic heterocycles. The van der Waals surface area contributed by atoms with Crippen LogP contribution in [0.3, 0.4) is 0 Å². The minimum absolute atomic E-state index is 0.181. The summed E-state index contributed by atoms with van der Waals surface area (Å²) < 4.78 is 13.8. The Balaban J connectivity index is 2.56. The highest BCUT2D eigenvalue weighted by Crippen LogP contribution is 2.27. The van der Waals surface area contributed by atoms with E-state index in [-0.39, 0.29) is 5.82 Å². The van der Waals surface area contributed by atoms with Crippen LogP contribution in [0.15, 0.2) is 36.4 Å². The molecule has 0 unspecified atom stereocenters. The van der Waals surface area contributed by atoms with E-state index in [0.29, 0.717) is 12.1 Å². The number of halogens is 1. The molecule has 88 valence electrons. The molecule has 2 N–H and O–H groups in total. The maximum atomic E-state index is 13.8. The molecule has 0 bridgehead atoms. The predicted molar refractivity (Wildman–Crippen MR) is 69.2 cm³/mol. The lowest BCUT2D eigenvalue weighted by Gasteiger charge is -2.10. The van der Waals surface area contributed by atoms with Gasteiger partial charge in [0.2, 0.25) is 0 Å². The van der Waals surface area contributed by atoms with Crippen molar-refractivity contribution in [1.29, 1.82) is 0 Å². The standard InChI is InChI=1S/C15H16FN/c1-10-3-6-15(16)14(7-10)13-5-4-12(9-17)8-11(13)2/h3-8H,9,17H2,1-2H3. The molecule has 0 amide bonds. The minimum Gasteiger partial charge on any atom is -0.326 e. The van der Waals surface area contributed by atoms with Crippen LogP contribution in [0.4, 0.5) is 4.39 Å². The Morgan fingerprint density at radius 3 is 2.41 bits per heavy atom. The summed E-state index contributed by atoms with van der Waals surface area (Å²) in [6.07, 6.45) is 0. The summed E-state index contributed by atoms with van der Waals surface area (Å²) in [7, 11) is 0. The van der Waals surface area contributed by atoms with Gasteiger partial charge in [0.15, 0.2) is 0 Å². The lowest BCUT2D eigenvalue weighted by molar-refractivity contribution is 0.631. The SMILES string of the molecule is Cc1ccc(F)c(-c2ccc(CN)cc2C)c1. The lowest BCUT2D eigenvalue weighted by atomic mass is 9.97. The van der Waals surface area contributed by atoms with Crippen molar-refractivity contribution in [2.24, 2.45) is 5.73 Å². The average Bonchev–Trinajstić information content (AvgIpc) is 2.32. The first kappa shape index (κ1) is 11.8. The summed E-state index contributed by atoms with van der Waals surface area (Å²) in [5.74, 6) is -0.181. The van der Waals surface area contributed by atoms with Crippen molar-refractivity contribution < 1.29 is 4.39 Å². The third-order valence-corrected chi connectivity index (χ3v) is 2.94. The van der Waals surface area contributed by atoms with E-state index in [4.69, 9.17) is 5.73 Å². The van der Waals surface area contributed by atoms with E-state index < -0.39 is 0 Å². The van der Waals surface area contributed by atoms with Gasteiger partial charge in [-0.15, -0.1) is 0 Å². The number of rotatable bonds is 2. The maximum Gasteiger partial charge on any atom is 0.131 e. The topological polar surface area (TPSA) is 26.0 Å². The zero-order valence-electron chi connectivity index (χ0n) is 10.1. The third-order valence-electron chi connectivity index (χ3n) is 2.94. The van der Waals surface area contributed by atoms with Gasteiger partial charge in [0.1, 0.15) is 5.82 Å². The molecule has 0 radical (unpaired) electrons. The Kier molecular flexibility index (Phi) is 3.25. The van der Waals surface area contributed by atoms with Crippen molar-refractivity contribution in [3.8, 4) is 11.1 Å². The molecule has 0 spiro atoms. The average molecular weight is 229 g/mol. The van der Waals surface area contributed by atoms with Crippen molar-refractivity contribution in [2.45, 2.75) is 20.4 Å². The van der Waals surface area contributed by atoms with Gasteiger partial charge in [0.05, 0.1) is 0 Å². The summed E-state index contributed by atoms with van der Waals surface area (Å²) in [6, 6.07) is 11.1. The number of aryl methyl sites for hydroxylation is 2. The van der Waals surface area contributed by atoms with Crippen molar-refractivity contribution in [2.75, 3.05) is 0 Å². The highest BCUT2D eigenvalue weighted by molar-refractivity contribution is 5.68. The Morgan fingerprint density at radius 1 is 1.00 bits per heavy atom. The first-order valence-corrected chi connectivity index (χ1v) is 5.68. The highest BCUT2D eigenvalue weighted by atomic mass is 19.1. The number of nitrogens with two attached hydrogens (primary N) is 1. The second-order valence-electron chi connectivity index (χ2n) is 4.34. The zero-order chi connectivity index (χ0) is 12.4. The number of hydrogen-bond acceptors (Lipinski definition) is 1. The molecular formula is C15H16FN. The van der Waals surface area contributed by atoms with Crippen LogP contribution < -0.4 is 5.73 Å². The summed E-state index contributed by atoms with van der Waals surface area (Å²) in [5.41, 5.74) is 10.4. The predicted octanol–water partition coefficient (Wildman–Crippen LogP) is 3.57. The zero-order valence-corrected chi connectivity index (χ0v) is 10.1. The van der Waals surface area contributed by atoms with Crippen LogP contribution in [0, 0.1) is 19.7 Å². The summed E-state index contributed by atoms with van der Waals surface area (Å²) in [4.78, 5) is 0. The third kappa shape index (κ3) is 2.37. The molecule has 17 heavy (non-hydrogen) atoms. The van der Waals surface area contributed by atoms with Crippen LogP contribution in [0.5, 0.6) is 0 Å². The van der Waals surface area contributed by atoms with E-state index in [1.807, 2.05) is 38.1 Å². The molecule has 0 saturated carbocycles. The van der Waals surface area contributed by atoms with Crippen LogP contribution in [-0.2, 0) is 6.54 Å². The van der Waals surface area contributed by atoms with E-state index in [2.05, 4.69) is 0 Å². The first-order valence-electron chi connectivity index (χ1n) is 5.68. The Morgan fingerprint density at radius 2 is 1.76 bits per heavy atom. The smallest absolute Gasteiger partial charge is 0.131 e. The van der Waals surface area contributed by atoms with E-state index in [9.17, 15) is 4.39 Å². The van der Waals surface area contributed by atoms with Gasteiger partial charge in [-0.1, -0.05) is 29.8 Å². The molecule has 2 aromatic carbocycles. The monoisotopic (exact) mass is 229 g/mol. The van der Waals surface area contributed by atoms with Crippen LogP contribution in [-0.4, -0.2) is 0 Å². The minimum atomic E-state index is -0.181. The fourth-order valence-corrected chi connectivity index (χ4v) is 2.00. The molecule has 0 aromatic heterocycles. The lowest BCUT2D eigenvalue weighted by Crippen LogP contribution is -1.97. The van der Waals surface area contributed by atoms with Crippen LogP contribution in [0.25, 0.3) is 11.1 Å². The molecule has 2 heteroatoms. The molecule has 2 aromatic rings. The van der Waals surface area contributed by atoms with E-state index >= 15 is 0 Å².